The molecule has 1 saturated carbocycles. The van der Waals surface area contributed by atoms with E-state index in [4.69, 9.17) is 0 Å². The molecule has 6 nitrogen and oxygen atoms in total. The largest absolute Gasteiger partial charge is 0.348 e. The van der Waals surface area contributed by atoms with Crippen molar-refractivity contribution in [2.45, 2.75) is 57.9 Å². The Hall–Kier alpha value is -1.98. The molecular weight excluding hydrogens is 304 g/mol. The van der Waals surface area contributed by atoms with Crippen LogP contribution in [-0.2, 0) is 11.2 Å². The summed E-state index contributed by atoms with van der Waals surface area (Å²) in [6.07, 6.45) is 10.5. The van der Waals surface area contributed by atoms with Gasteiger partial charge in [-0.25, -0.2) is 4.98 Å². The summed E-state index contributed by atoms with van der Waals surface area (Å²) in [5.74, 6) is 0.361. The maximum absolute atomic E-state index is 12.6. The second kappa shape index (κ2) is 7.73. The number of amides is 2. The summed E-state index contributed by atoms with van der Waals surface area (Å²) in [6.45, 7) is 3.20. The zero-order valence-corrected chi connectivity index (χ0v) is 14.3. The third kappa shape index (κ3) is 4.10. The van der Waals surface area contributed by atoms with E-state index in [1.165, 1.54) is 12.8 Å². The average molecular weight is 330 g/mol. The van der Waals surface area contributed by atoms with Crippen LogP contribution in [0.15, 0.2) is 12.4 Å². The Labute approximate surface area is 143 Å². The van der Waals surface area contributed by atoms with E-state index >= 15 is 0 Å². The first kappa shape index (κ1) is 16.9. The van der Waals surface area contributed by atoms with Gasteiger partial charge in [0.2, 0.25) is 5.91 Å². The fraction of sp³-hybridized carbons (Fsp3) is 0.667. The molecule has 0 radical (unpaired) electrons. The van der Waals surface area contributed by atoms with Gasteiger partial charge in [0, 0.05) is 38.4 Å². The molecule has 2 aliphatic rings. The first-order valence-corrected chi connectivity index (χ1v) is 8.99. The molecule has 0 aromatic carbocycles. The number of carbonyl (C=O) groups excluding carboxylic acids is 2. The van der Waals surface area contributed by atoms with E-state index in [0.29, 0.717) is 18.0 Å². The van der Waals surface area contributed by atoms with Crippen molar-refractivity contribution < 1.29 is 9.59 Å². The first-order valence-electron chi connectivity index (χ1n) is 8.99. The monoisotopic (exact) mass is 330 g/mol. The van der Waals surface area contributed by atoms with E-state index in [2.05, 4.69) is 15.3 Å². The molecule has 2 amide bonds. The molecule has 6 heteroatoms. The van der Waals surface area contributed by atoms with Crippen LogP contribution < -0.4 is 5.32 Å². The van der Waals surface area contributed by atoms with Crippen molar-refractivity contribution in [3.05, 3.63) is 23.8 Å². The molecule has 2 heterocycles. The minimum Gasteiger partial charge on any atom is -0.348 e. The Morgan fingerprint density at radius 3 is 2.67 bits per heavy atom. The molecule has 0 bridgehead atoms. The molecular formula is C18H26N4O2. The summed E-state index contributed by atoms with van der Waals surface area (Å²) in [6, 6.07) is 0.273. The second-order valence-electron chi connectivity index (χ2n) is 6.98. The smallest absolute Gasteiger partial charge is 0.271 e. The topological polar surface area (TPSA) is 75.2 Å². The first-order chi connectivity index (χ1) is 11.6. The number of carbonyl (C=O) groups is 2. The highest BCUT2D eigenvalue weighted by Crippen LogP contribution is 2.22. The van der Waals surface area contributed by atoms with Crippen LogP contribution in [-0.4, -0.2) is 45.8 Å². The lowest BCUT2D eigenvalue weighted by Gasteiger charge is -2.32. The molecule has 1 aliphatic carbocycles. The highest BCUT2D eigenvalue weighted by Gasteiger charge is 2.25. The number of nitrogens with zero attached hydrogens (tertiary/aromatic N) is 3. The van der Waals surface area contributed by atoms with Gasteiger partial charge in [0.1, 0.15) is 5.69 Å². The van der Waals surface area contributed by atoms with Gasteiger partial charge in [0.15, 0.2) is 0 Å². The Balaban J connectivity index is 1.67. The lowest BCUT2D eigenvalue weighted by molar-refractivity contribution is -0.130. The summed E-state index contributed by atoms with van der Waals surface area (Å²) in [7, 11) is 0. The molecule has 130 valence electrons. The van der Waals surface area contributed by atoms with Crippen LogP contribution in [0.2, 0.25) is 0 Å². The molecule has 3 rings (SSSR count). The summed E-state index contributed by atoms with van der Waals surface area (Å²) in [4.78, 5) is 34.7. The maximum Gasteiger partial charge on any atom is 0.271 e. The highest BCUT2D eigenvalue weighted by molar-refractivity contribution is 5.93. The van der Waals surface area contributed by atoms with Gasteiger partial charge >= 0.3 is 0 Å². The van der Waals surface area contributed by atoms with Crippen LogP contribution in [0, 0.1) is 5.92 Å². The van der Waals surface area contributed by atoms with Crippen molar-refractivity contribution in [3.8, 4) is 0 Å². The molecule has 1 atom stereocenters. The third-order valence-corrected chi connectivity index (χ3v) is 5.13. The van der Waals surface area contributed by atoms with E-state index in [9.17, 15) is 9.59 Å². The fourth-order valence-corrected chi connectivity index (χ4v) is 3.82. The van der Waals surface area contributed by atoms with Crippen molar-refractivity contribution in [2.24, 2.45) is 5.92 Å². The average Bonchev–Trinajstić information content (AvgIpc) is 3.08. The normalized spacial score (nSPS) is 21.7. The van der Waals surface area contributed by atoms with E-state index in [1.54, 1.807) is 19.3 Å². The van der Waals surface area contributed by atoms with Crippen LogP contribution in [0.3, 0.4) is 0 Å². The zero-order chi connectivity index (χ0) is 16.9. The lowest BCUT2D eigenvalue weighted by Crippen LogP contribution is -2.39. The number of nitrogens with one attached hydrogen (secondary N) is 1. The van der Waals surface area contributed by atoms with Gasteiger partial charge in [-0.15, -0.1) is 0 Å². The van der Waals surface area contributed by atoms with Crippen LogP contribution >= 0.6 is 0 Å². The third-order valence-electron chi connectivity index (χ3n) is 5.13. The molecule has 1 saturated heterocycles. The van der Waals surface area contributed by atoms with Crippen molar-refractivity contribution in [1.29, 1.82) is 0 Å². The summed E-state index contributed by atoms with van der Waals surface area (Å²) in [5.41, 5.74) is 1.20. The number of hydrogen-bond donors (Lipinski definition) is 1. The molecule has 1 N–H and O–H groups in total. The lowest BCUT2D eigenvalue weighted by atomic mass is 9.92. The van der Waals surface area contributed by atoms with Crippen molar-refractivity contribution in [2.75, 3.05) is 13.1 Å². The number of piperidine rings is 1. The van der Waals surface area contributed by atoms with Gasteiger partial charge in [-0.1, -0.05) is 12.8 Å². The van der Waals surface area contributed by atoms with Crippen molar-refractivity contribution in [3.63, 3.8) is 0 Å². The van der Waals surface area contributed by atoms with E-state index in [0.717, 1.165) is 44.5 Å². The van der Waals surface area contributed by atoms with Gasteiger partial charge < -0.3 is 10.2 Å². The zero-order valence-electron chi connectivity index (χ0n) is 14.3. The molecule has 24 heavy (non-hydrogen) atoms. The highest BCUT2D eigenvalue weighted by atomic mass is 16.2. The Morgan fingerprint density at radius 1 is 1.17 bits per heavy atom. The van der Waals surface area contributed by atoms with Gasteiger partial charge in [-0.3, -0.25) is 14.6 Å². The van der Waals surface area contributed by atoms with E-state index in [-0.39, 0.29) is 17.9 Å². The fourth-order valence-electron chi connectivity index (χ4n) is 3.82. The van der Waals surface area contributed by atoms with Crippen molar-refractivity contribution in [1.82, 2.24) is 20.2 Å². The summed E-state index contributed by atoms with van der Waals surface area (Å²) >= 11 is 0. The predicted molar refractivity (Wildman–Crippen MR) is 90.4 cm³/mol. The maximum atomic E-state index is 12.6. The van der Waals surface area contributed by atoms with Gasteiger partial charge in [-0.05, 0) is 38.0 Å². The molecule has 1 unspecified atom stereocenters. The number of rotatable bonds is 4. The van der Waals surface area contributed by atoms with Crippen LogP contribution in [0.4, 0.5) is 0 Å². The minimum absolute atomic E-state index is 0.107. The van der Waals surface area contributed by atoms with Gasteiger partial charge in [0.25, 0.3) is 5.91 Å². The SMILES string of the molecule is CC(=O)N1CCCC(Cc2nccnc2C(=O)NC2CCCC2)C1. The summed E-state index contributed by atoms with van der Waals surface area (Å²) < 4.78 is 0. The Morgan fingerprint density at radius 2 is 1.92 bits per heavy atom. The quantitative estimate of drug-likeness (QED) is 0.915. The minimum atomic E-state index is -0.107. The van der Waals surface area contributed by atoms with Crippen molar-refractivity contribution >= 4 is 11.8 Å². The second-order valence-corrected chi connectivity index (χ2v) is 6.98. The van der Waals surface area contributed by atoms with Crippen LogP contribution in [0.1, 0.15) is 61.6 Å². The van der Waals surface area contributed by atoms with E-state index < -0.39 is 0 Å². The van der Waals surface area contributed by atoms with Gasteiger partial charge in [-0.2, -0.15) is 0 Å². The Bertz CT molecular complexity index is 598. The van der Waals surface area contributed by atoms with E-state index in [1.807, 2.05) is 4.90 Å². The summed E-state index contributed by atoms with van der Waals surface area (Å²) in [5, 5.41) is 3.09. The standard InChI is InChI=1S/C18H26N4O2/c1-13(23)22-10-4-5-14(12-22)11-16-17(20-9-8-19-16)18(24)21-15-6-2-3-7-15/h8-9,14-15H,2-7,10-12H2,1H3,(H,21,24). The predicted octanol–water partition coefficient (Wildman–Crippen LogP) is 1.95. The molecule has 1 aromatic heterocycles. The van der Waals surface area contributed by atoms with Crippen LogP contribution in [0.5, 0.6) is 0 Å². The molecule has 2 fully saturated rings. The Kier molecular flexibility index (Phi) is 5.43. The number of aromatic nitrogens is 2. The van der Waals surface area contributed by atoms with Gasteiger partial charge in [0.05, 0.1) is 5.69 Å². The molecule has 0 spiro atoms. The van der Waals surface area contributed by atoms with Crippen LogP contribution in [0.25, 0.3) is 0 Å². The number of hydrogen-bond acceptors (Lipinski definition) is 4. The number of likely N-dealkylation sites (tertiary alicyclic amines) is 1. The molecule has 1 aliphatic heterocycles. The molecule has 1 aromatic rings.